The minimum Gasteiger partial charge on any atom is -0.468 e. The van der Waals surface area contributed by atoms with Crippen molar-refractivity contribution in [2.45, 2.75) is 44.2 Å². The summed E-state index contributed by atoms with van der Waals surface area (Å²) in [5, 5.41) is 5.92. The number of hydrogen-bond acceptors (Lipinski definition) is 8. The molecule has 14 nitrogen and oxygen atoms in total. The Hall–Kier alpha value is -3.25. The van der Waals surface area contributed by atoms with Gasteiger partial charge in [-0.25, -0.2) is 14.4 Å². The van der Waals surface area contributed by atoms with Crippen LogP contribution in [0, 0.1) is 6.92 Å². The fraction of sp³-hybridized carbons (Fsp3) is 0.450. The van der Waals surface area contributed by atoms with Gasteiger partial charge in [-0.1, -0.05) is 35.4 Å². The highest BCUT2D eigenvalue weighted by Crippen LogP contribution is 2.40. The summed E-state index contributed by atoms with van der Waals surface area (Å²) >= 11 is 0. The molecule has 3 rings (SSSR count). The molecule has 2 aromatic rings. The quantitative estimate of drug-likeness (QED) is 0.139. The van der Waals surface area contributed by atoms with Gasteiger partial charge in [-0.3, -0.25) is 23.7 Å². The van der Waals surface area contributed by atoms with E-state index >= 15 is 0 Å². The van der Waals surface area contributed by atoms with Crippen molar-refractivity contribution < 1.29 is 28.3 Å². The number of ether oxygens (including phenoxy) is 2. The van der Waals surface area contributed by atoms with Crippen LogP contribution in [0.4, 0.5) is 0 Å². The van der Waals surface area contributed by atoms with Crippen molar-refractivity contribution in [2.75, 3.05) is 13.7 Å². The Balaban J connectivity index is 1.70. The zero-order valence-electron chi connectivity index (χ0n) is 18.9. The Bertz CT molecular complexity index is 1260. The van der Waals surface area contributed by atoms with Crippen molar-refractivity contribution in [3.63, 3.8) is 0 Å². The molecule has 2 heterocycles. The number of rotatable bonds is 10. The van der Waals surface area contributed by atoms with Crippen LogP contribution < -0.4 is 16.3 Å². The SMILES string of the molecule is COC(=O)C(Cc1ccccc1)NP(=O)(O)OC[C@@H]1O[C@H](n2cc(C)c(=O)[nH]c2=O)C[C@H]1N=[N+]=[N-]. The van der Waals surface area contributed by atoms with Crippen LogP contribution in [0.5, 0.6) is 0 Å². The second-order valence-corrected chi connectivity index (χ2v) is 9.38. The maximum Gasteiger partial charge on any atom is 0.403 e. The van der Waals surface area contributed by atoms with Crippen LogP contribution in [0.15, 0.2) is 51.2 Å². The van der Waals surface area contributed by atoms with E-state index < -0.39 is 56.0 Å². The van der Waals surface area contributed by atoms with E-state index in [0.717, 1.165) is 17.2 Å². The standard InChI is InChI=1S/C20H25N6O8P/c1-12-10-26(20(29)22-18(12)27)17-9-14(23-25-21)16(34-17)11-33-35(30,31)24-15(19(28)32-2)8-13-6-4-3-5-7-13/h3-7,10,14-17H,8-9,11H2,1-2H3,(H,22,27,29)(H2,24,30,31)/t14-,15?,16+,17+/m1/s1. The maximum absolute atomic E-state index is 12.7. The van der Waals surface area contributed by atoms with Crippen LogP contribution >= 0.6 is 7.75 Å². The highest BCUT2D eigenvalue weighted by molar-refractivity contribution is 7.50. The lowest BCUT2D eigenvalue weighted by atomic mass is 10.1. The highest BCUT2D eigenvalue weighted by Gasteiger charge is 2.39. The molecule has 5 atom stereocenters. The number of aryl methyl sites for hydroxylation is 1. The number of aromatic nitrogens is 2. The molecule has 1 fully saturated rings. The molecule has 0 spiro atoms. The second kappa shape index (κ2) is 11.5. The largest absolute Gasteiger partial charge is 0.468 e. The van der Waals surface area contributed by atoms with Crippen LogP contribution in [0.1, 0.15) is 23.8 Å². The second-order valence-electron chi connectivity index (χ2n) is 7.83. The Morgan fingerprint density at radius 2 is 2.14 bits per heavy atom. The lowest BCUT2D eigenvalue weighted by molar-refractivity contribution is -0.142. The van der Waals surface area contributed by atoms with Crippen LogP contribution in [-0.4, -0.2) is 52.3 Å². The van der Waals surface area contributed by atoms with E-state index in [0.29, 0.717) is 0 Å². The lowest BCUT2D eigenvalue weighted by Crippen LogP contribution is -2.38. The normalized spacial score (nSPS) is 22.1. The number of esters is 1. The van der Waals surface area contributed by atoms with Gasteiger partial charge >= 0.3 is 19.4 Å². The van der Waals surface area contributed by atoms with Gasteiger partial charge in [0.15, 0.2) is 0 Å². The number of aromatic amines is 1. The molecular weight excluding hydrogens is 483 g/mol. The fourth-order valence-electron chi connectivity index (χ4n) is 3.61. The molecule has 0 aliphatic carbocycles. The molecule has 35 heavy (non-hydrogen) atoms. The molecule has 15 heteroatoms. The Morgan fingerprint density at radius 1 is 1.43 bits per heavy atom. The lowest BCUT2D eigenvalue weighted by Gasteiger charge is -2.22. The number of azide groups is 1. The van der Waals surface area contributed by atoms with E-state index in [1.54, 1.807) is 30.3 Å². The zero-order valence-corrected chi connectivity index (χ0v) is 19.8. The monoisotopic (exact) mass is 508 g/mol. The number of benzene rings is 1. The summed E-state index contributed by atoms with van der Waals surface area (Å²) in [4.78, 5) is 51.2. The van der Waals surface area contributed by atoms with Crippen molar-refractivity contribution in [3.05, 3.63) is 78.9 Å². The smallest absolute Gasteiger partial charge is 0.403 e. The van der Waals surface area contributed by atoms with Crippen molar-refractivity contribution >= 4 is 13.7 Å². The van der Waals surface area contributed by atoms with E-state index in [1.165, 1.54) is 13.1 Å². The minimum absolute atomic E-state index is 0.0609. The first-order chi connectivity index (χ1) is 16.6. The van der Waals surface area contributed by atoms with Crippen molar-refractivity contribution in [1.82, 2.24) is 14.6 Å². The number of carbonyl (C=O) groups is 1. The van der Waals surface area contributed by atoms with Gasteiger partial charge in [0.2, 0.25) is 0 Å². The molecule has 0 bridgehead atoms. The van der Waals surface area contributed by atoms with Crippen LogP contribution in [0.3, 0.4) is 0 Å². The molecule has 0 saturated carbocycles. The van der Waals surface area contributed by atoms with E-state index in [1.807, 2.05) is 0 Å². The number of nitrogens with zero attached hydrogens (tertiary/aromatic N) is 4. The van der Waals surface area contributed by atoms with Crippen LogP contribution in [0.2, 0.25) is 0 Å². The first-order valence-electron chi connectivity index (χ1n) is 10.5. The Morgan fingerprint density at radius 3 is 2.80 bits per heavy atom. The van der Waals surface area contributed by atoms with Crippen molar-refractivity contribution in [1.29, 1.82) is 0 Å². The average Bonchev–Trinajstić information content (AvgIpc) is 3.22. The van der Waals surface area contributed by atoms with Gasteiger partial charge in [0.05, 0.1) is 25.9 Å². The summed E-state index contributed by atoms with van der Waals surface area (Å²) in [7, 11) is -3.39. The summed E-state index contributed by atoms with van der Waals surface area (Å²) in [6.07, 6.45) is -0.451. The van der Waals surface area contributed by atoms with Gasteiger partial charge in [0.1, 0.15) is 12.3 Å². The molecule has 0 amide bonds. The predicted octanol–water partition coefficient (Wildman–Crippen LogP) is 1.30. The van der Waals surface area contributed by atoms with Crippen molar-refractivity contribution in [2.24, 2.45) is 5.11 Å². The van der Waals surface area contributed by atoms with Crippen LogP contribution in [0.25, 0.3) is 10.4 Å². The molecule has 1 aliphatic heterocycles. The Labute approximate surface area is 199 Å². The summed E-state index contributed by atoms with van der Waals surface area (Å²) in [5.74, 6) is -0.760. The third-order valence-corrected chi connectivity index (χ3v) is 6.50. The summed E-state index contributed by atoms with van der Waals surface area (Å²) in [5.41, 5.74) is 8.62. The number of methoxy groups -OCH3 is 1. The summed E-state index contributed by atoms with van der Waals surface area (Å²) < 4.78 is 29.5. The van der Waals surface area contributed by atoms with Gasteiger partial charge in [0.25, 0.3) is 5.56 Å². The van der Waals surface area contributed by atoms with E-state index in [4.69, 9.17) is 19.5 Å². The van der Waals surface area contributed by atoms with Gasteiger partial charge in [-0.15, -0.1) is 0 Å². The average molecular weight is 508 g/mol. The first kappa shape index (κ1) is 26.4. The highest BCUT2D eigenvalue weighted by atomic mass is 31.2. The summed E-state index contributed by atoms with van der Waals surface area (Å²) in [6, 6.07) is 6.81. The summed E-state index contributed by atoms with van der Waals surface area (Å²) in [6.45, 7) is 1.02. The fourth-order valence-corrected chi connectivity index (χ4v) is 4.62. The van der Waals surface area contributed by atoms with E-state index in [-0.39, 0.29) is 18.4 Å². The zero-order chi connectivity index (χ0) is 25.6. The number of H-pyrrole nitrogens is 1. The third kappa shape index (κ3) is 6.89. The first-order valence-corrected chi connectivity index (χ1v) is 12.1. The maximum atomic E-state index is 12.7. The molecule has 1 saturated heterocycles. The predicted molar refractivity (Wildman–Crippen MR) is 122 cm³/mol. The number of nitrogens with one attached hydrogen (secondary N) is 2. The van der Waals surface area contributed by atoms with Gasteiger partial charge < -0.3 is 14.4 Å². The molecule has 1 aromatic carbocycles. The van der Waals surface area contributed by atoms with Crippen LogP contribution in [-0.2, 0) is 29.8 Å². The van der Waals surface area contributed by atoms with Gasteiger partial charge in [-0.05, 0) is 24.4 Å². The molecule has 3 N–H and O–H groups in total. The van der Waals surface area contributed by atoms with Crippen molar-refractivity contribution in [3.8, 4) is 0 Å². The van der Waals surface area contributed by atoms with Gasteiger partial charge in [-0.2, -0.15) is 0 Å². The van der Waals surface area contributed by atoms with E-state index in [2.05, 4.69) is 20.1 Å². The third-order valence-electron chi connectivity index (χ3n) is 5.36. The topological polar surface area (TPSA) is 198 Å². The Kier molecular flexibility index (Phi) is 8.62. The minimum atomic E-state index is -4.55. The molecule has 0 radical (unpaired) electrons. The van der Waals surface area contributed by atoms with Gasteiger partial charge in [0, 0.05) is 23.1 Å². The number of hydrogen-bond donors (Lipinski definition) is 3. The van der Waals surface area contributed by atoms with E-state index in [9.17, 15) is 23.8 Å². The number of carbonyl (C=O) groups excluding carboxylic acids is 1. The molecule has 1 aromatic heterocycles. The molecule has 2 unspecified atom stereocenters. The molecule has 1 aliphatic rings. The molecule has 188 valence electrons. The molecular formula is C20H25N6O8P.